The van der Waals surface area contributed by atoms with Crippen molar-refractivity contribution in [3.8, 4) is 0 Å². The van der Waals surface area contributed by atoms with Crippen LogP contribution < -0.4 is 5.32 Å². The van der Waals surface area contributed by atoms with Gasteiger partial charge in [0.05, 0.1) is 0 Å². The topological polar surface area (TPSA) is 12.0 Å². The van der Waals surface area contributed by atoms with Gasteiger partial charge in [0.2, 0.25) is 0 Å². The molecule has 1 heterocycles. The number of hydrogen-bond acceptors (Lipinski definition) is 2. The van der Waals surface area contributed by atoms with Gasteiger partial charge in [-0.15, -0.1) is 11.3 Å². The van der Waals surface area contributed by atoms with Crippen LogP contribution in [0.5, 0.6) is 0 Å². The number of likely N-dealkylation sites (N-methyl/N-ethyl adjacent to an activating group) is 1. The van der Waals surface area contributed by atoms with Crippen LogP contribution in [0, 0.1) is 0 Å². The Balaban J connectivity index is 2.29. The third-order valence-electron chi connectivity index (χ3n) is 3.11. The van der Waals surface area contributed by atoms with Crippen molar-refractivity contribution < 1.29 is 0 Å². The smallest absolute Gasteiger partial charge is 0.107 e. The largest absolute Gasteiger partial charge is 0.312 e. The maximum absolute atomic E-state index is 6.12. The third kappa shape index (κ3) is 2.97. The summed E-state index contributed by atoms with van der Waals surface area (Å²) in [6.07, 6.45) is 0. The molecule has 18 heavy (non-hydrogen) atoms. The van der Waals surface area contributed by atoms with E-state index in [-0.39, 0.29) is 6.04 Å². The highest BCUT2D eigenvalue weighted by molar-refractivity contribution is 9.10. The Kier molecular flexibility index (Phi) is 4.84. The molecule has 96 valence electrons. The minimum Gasteiger partial charge on any atom is -0.312 e. The zero-order chi connectivity index (χ0) is 13.1. The quantitative estimate of drug-likeness (QED) is 0.801. The Bertz CT molecular complexity index is 492. The van der Waals surface area contributed by atoms with Gasteiger partial charge in [-0.3, -0.25) is 0 Å². The van der Waals surface area contributed by atoms with Gasteiger partial charge in [-0.2, -0.15) is 0 Å². The fraction of sp³-hybridized carbons (Fsp3) is 0.286. The summed E-state index contributed by atoms with van der Waals surface area (Å²) in [7, 11) is 1.99. The van der Waals surface area contributed by atoms with Gasteiger partial charge in [0.15, 0.2) is 0 Å². The molecule has 0 aliphatic rings. The van der Waals surface area contributed by atoms with Crippen molar-refractivity contribution in [3.05, 3.63) is 55.6 Å². The summed E-state index contributed by atoms with van der Waals surface area (Å²) < 4.78 is 1.79. The van der Waals surface area contributed by atoms with Crippen molar-refractivity contribution in [3.63, 3.8) is 0 Å². The van der Waals surface area contributed by atoms with Crippen LogP contribution in [0.1, 0.15) is 29.3 Å². The van der Waals surface area contributed by atoms with E-state index in [0.29, 0.717) is 5.92 Å². The Morgan fingerprint density at radius 1 is 1.28 bits per heavy atom. The van der Waals surface area contributed by atoms with Gasteiger partial charge in [-0.05, 0) is 34.6 Å². The van der Waals surface area contributed by atoms with E-state index in [2.05, 4.69) is 58.5 Å². The van der Waals surface area contributed by atoms with E-state index in [1.807, 2.05) is 13.1 Å². The molecule has 0 radical (unpaired) electrons. The van der Waals surface area contributed by atoms with Crippen LogP contribution in [-0.2, 0) is 0 Å². The van der Waals surface area contributed by atoms with Crippen molar-refractivity contribution in [1.29, 1.82) is 0 Å². The summed E-state index contributed by atoms with van der Waals surface area (Å²) in [6, 6.07) is 12.9. The van der Waals surface area contributed by atoms with Crippen LogP contribution in [0.2, 0.25) is 4.34 Å². The van der Waals surface area contributed by atoms with Gasteiger partial charge in [0.25, 0.3) is 0 Å². The van der Waals surface area contributed by atoms with Crippen LogP contribution in [0.3, 0.4) is 0 Å². The molecule has 1 aromatic carbocycles. The minimum atomic E-state index is 0.279. The van der Waals surface area contributed by atoms with Crippen LogP contribution in [0.15, 0.2) is 40.9 Å². The standard InChI is InChI=1S/C14H15BrClNS/c1-9(10-6-4-3-5-7-10)13(17-2)12-8-11(15)14(16)18-12/h3-9,13,17H,1-2H3. The molecule has 2 unspecified atom stereocenters. The van der Waals surface area contributed by atoms with Crippen molar-refractivity contribution >= 4 is 38.9 Å². The van der Waals surface area contributed by atoms with Gasteiger partial charge in [0, 0.05) is 21.3 Å². The summed E-state index contributed by atoms with van der Waals surface area (Å²) >= 11 is 11.2. The Morgan fingerprint density at radius 3 is 2.44 bits per heavy atom. The van der Waals surface area contributed by atoms with Crippen molar-refractivity contribution in [2.45, 2.75) is 18.9 Å². The van der Waals surface area contributed by atoms with E-state index in [1.54, 1.807) is 11.3 Å². The number of rotatable bonds is 4. The molecule has 1 nitrogen and oxygen atoms in total. The number of halogens is 2. The summed E-state index contributed by atoms with van der Waals surface area (Å²) in [5, 5.41) is 3.39. The van der Waals surface area contributed by atoms with E-state index in [4.69, 9.17) is 11.6 Å². The molecule has 1 aromatic heterocycles. The third-order valence-corrected chi connectivity index (χ3v) is 5.66. The average molecular weight is 345 g/mol. The van der Waals surface area contributed by atoms with Crippen LogP contribution >= 0.6 is 38.9 Å². The van der Waals surface area contributed by atoms with Gasteiger partial charge < -0.3 is 5.32 Å². The first-order chi connectivity index (χ1) is 8.63. The van der Waals surface area contributed by atoms with E-state index >= 15 is 0 Å². The molecule has 2 atom stereocenters. The van der Waals surface area contributed by atoms with E-state index in [1.165, 1.54) is 10.4 Å². The summed E-state index contributed by atoms with van der Waals surface area (Å²) in [4.78, 5) is 1.26. The molecule has 0 saturated carbocycles. The van der Waals surface area contributed by atoms with Crippen LogP contribution in [0.4, 0.5) is 0 Å². The molecule has 0 bridgehead atoms. The highest BCUT2D eigenvalue weighted by Gasteiger charge is 2.21. The van der Waals surface area contributed by atoms with Crippen LogP contribution in [0.25, 0.3) is 0 Å². The molecule has 0 amide bonds. The second kappa shape index (κ2) is 6.20. The fourth-order valence-electron chi connectivity index (χ4n) is 2.10. The van der Waals surface area contributed by atoms with Crippen LogP contribution in [-0.4, -0.2) is 7.05 Å². The van der Waals surface area contributed by atoms with E-state index in [9.17, 15) is 0 Å². The number of thiophene rings is 1. The highest BCUT2D eigenvalue weighted by atomic mass is 79.9. The molecule has 4 heteroatoms. The lowest BCUT2D eigenvalue weighted by molar-refractivity contribution is 0.515. The van der Waals surface area contributed by atoms with Gasteiger partial charge >= 0.3 is 0 Å². The Labute approximate surface area is 125 Å². The van der Waals surface area contributed by atoms with Crippen molar-refractivity contribution in [2.75, 3.05) is 7.05 Å². The molecule has 2 rings (SSSR count). The molecule has 1 N–H and O–H groups in total. The van der Waals surface area contributed by atoms with E-state index in [0.717, 1.165) is 8.81 Å². The Hall–Kier alpha value is -0.350. The van der Waals surface area contributed by atoms with Gasteiger partial charge in [-0.1, -0.05) is 48.9 Å². The molecule has 0 fully saturated rings. The number of benzene rings is 1. The monoisotopic (exact) mass is 343 g/mol. The van der Waals surface area contributed by atoms with Gasteiger partial charge in [-0.25, -0.2) is 0 Å². The number of hydrogen-bond donors (Lipinski definition) is 1. The lowest BCUT2D eigenvalue weighted by Gasteiger charge is -2.22. The molecule has 0 saturated heterocycles. The fourth-order valence-corrected chi connectivity index (χ4v) is 4.06. The lowest BCUT2D eigenvalue weighted by atomic mass is 9.92. The number of nitrogens with one attached hydrogen (secondary N) is 1. The summed E-state index contributed by atoms with van der Waals surface area (Å²) in [5.41, 5.74) is 1.33. The Morgan fingerprint density at radius 2 is 1.94 bits per heavy atom. The van der Waals surface area contributed by atoms with Crippen molar-refractivity contribution in [1.82, 2.24) is 5.32 Å². The SMILES string of the molecule is CNC(c1cc(Br)c(Cl)s1)C(C)c1ccccc1. The second-order valence-electron chi connectivity index (χ2n) is 4.24. The molecule has 0 aliphatic heterocycles. The predicted octanol–water partition coefficient (Wildman–Crippen LogP) is 5.23. The molecule has 2 aromatic rings. The lowest BCUT2D eigenvalue weighted by Crippen LogP contribution is -2.21. The van der Waals surface area contributed by atoms with E-state index < -0.39 is 0 Å². The average Bonchev–Trinajstić information content (AvgIpc) is 2.71. The zero-order valence-corrected chi connectivity index (χ0v) is 13.4. The van der Waals surface area contributed by atoms with Crippen molar-refractivity contribution in [2.24, 2.45) is 0 Å². The first kappa shape index (κ1) is 14.1. The first-order valence-corrected chi connectivity index (χ1v) is 7.79. The molecular weight excluding hydrogens is 330 g/mol. The normalized spacial score (nSPS) is 14.4. The maximum Gasteiger partial charge on any atom is 0.107 e. The molecular formula is C14H15BrClNS. The molecule has 0 aliphatic carbocycles. The summed E-state index contributed by atoms with van der Waals surface area (Å²) in [6.45, 7) is 2.23. The highest BCUT2D eigenvalue weighted by Crippen LogP contribution is 2.39. The zero-order valence-electron chi connectivity index (χ0n) is 10.3. The minimum absolute atomic E-state index is 0.279. The molecule has 0 spiro atoms. The summed E-state index contributed by atoms with van der Waals surface area (Å²) in [5.74, 6) is 0.401. The second-order valence-corrected chi connectivity index (χ2v) is 6.78. The first-order valence-electron chi connectivity index (χ1n) is 5.80. The maximum atomic E-state index is 6.12. The predicted molar refractivity (Wildman–Crippen MR) is 83.7 cm³/mol. The van der Waals surface area contributed by atoms with Gasteiger partial charge in [0.1, 0.15) is 4.34 Å².